The Morgan fingerprint density at radius 3 is 2.33 bits per heavy atom. The molecule has 0 bridgehead atoms. The van der Waals surface area contributed by atoms with Crippen LogP contribution in [0.2, 0.25) is 0 Å². The zero-order valence-corrected chi connectivity index (χ0v) is 9.86. The second-order valence-corrected chi connectivity index (χ2v) is 4.15. The van der Waals surface area contributed by atoms with E-state index in [1.807, 2.05) is 12.1 Å². The predicted molar refractivity (Wildman–Crippen MR) is 65.3 cm³/mol. The van der Waals surface area contributed by atoms with Gasteiger partial charge in [0.1, 0.15) is 5.75 Å². The van der Waals surface area contributed by atoms with Crippen LogP contribution < -0.4 is 4.74 Å². The highest BCUT2D eigenvalue weighted by Crippen LogP contribution is 2.12. The Balaban J connectivity index is 2.40. The van der Waals surface area contributed by atoms with Crippen molar-refractivity contribution in [2.75, 3.05) is 7.11 Å². The molecule has 0 aliphatic carbocycles. The number of hydrogen-bond acceptors (Lipinski definition) is 1. The van der Waals surface area contributed by atoms with E-state index in [0.29, 0.717) is 0 Å². The number of benzene rings is 1. The molecule has 1 aromatic rings. The molecule has 0 spiro atoms. The van der Waals surface area contributed by atoms with Gasteiger partial charge in [-0.05, 0) is 36.5 Å². The largest absolute Gasteiger partial charge is 0.497 e. The molecule has 0 aliphatic heterocycles. The normalized spacial score (nSPS) is 11.2. The Labute approximate surface area is 92.8 Å². The van der Waals surface area contributed by atoms with Crippen LogP contribution in [0.4, 0.5) is 0 Å². The minimum absolute atomic E-state index is 0.747. The Bertz CT molecular complexity index is 296. The lowest BCUT2D eigenvalue weighted by Crippen LogP contribution is -1.85. The van der Waals surface area contributed by atoms with Gasteiger partial charge in [-0.3, -0.25) is 0 Å². The monoisotopic (exact) mass is 204 g/mol. The van der Waals surface area contributed by atoms with Crippen LogP contribution in [0, 0.1) is 5.92 Å². The number of rotatable bonds is 5. The first-order valence-electron chi connectivity index (χ1n) is 5.50. The standard InChI is InChI=1S/C14H20O/c1-12(2)6-4-5-7-13-8-10-14(15-3)11-9-13/h4-5,8-12H,6-7H2,1-3H3/b5-4+. The van der Waals surface area contributed by atoms with Crippen LogP contribution in [-0.2, 0) is 6.42 Å². The maximum absolute atomic E-state index is 5.11. The maximum atomic E-state index is 5.11. The SMILES string of the molecule is COc1ccc(C/C=C/CC(C)C)cc1. The van der Waals surface area contributed by atoms with Gasteiger partial charge in [-0.15, -0.1) is 0 Å². The zero-order valence-electron chi connectivity index (χ0n) is 9.86. The third kappa shape index (κ3) is 4.68. The Morgan fingerprint density at radius 2 is 1.80 bits per heavy atom. The smallest absolute Gasteiger partial charge is 0.118 e. The number of ether oxygens (including phenoxy) is 1. The number of methoxy groups -OCH3 is 1. The fourth-order valence-electron chi connectivity index (χ4n) is 1.35. The first kappa shape index (κ1) is 11.8. The lowest BCUT2D eigenvalue weighted by atomic mass is 10.1. The topological polar surface area (TPSA) is 9.23 Å². The summed E-state index contributed by atoms with van der Waals surface area (Å²) in [6, 6.07) is 8.23. The summed E-state index contributed by atoms with van der Waals surface area (Å²) >= 11 is 0. The second-order valence-electron chi connectivity index (χ2n) is 4.15. The summed E-state index contributed by atoms with van der Waals surface area (Å²) in [5, 5.41) is 0. The zero-order chi connectivity index (χ0) is 11.1. The van der Waals surface area contributed by atoms with E-state index in [-0.39, 0.29) is 0 Å². The lowest BCUT2D eigenvalue weighted by molar-refractivity contribution is 0.414. The van der Waals surface area contributed by atoms with Crippen molar-refractivity contribution < 1.29 is 4.74 Å². The van der Waals surface area contributed by atoms with Gasteiger partial charge in [0.05, 0.1) is 7.11 Å². The Morgan fingerprint density at radius 1 is 1.13 bits per heavy atom. The molecule has 0 atom stereocenters. The molecule has 0 N–H and O–H groups in total. The van der Waals surface area contributed by atoms with E-state index in [0.717, 1.165) is 24.5 Å². The van der Waals surface area contributed by atoms with Crippen LogP contribution in [-0.4, -0.2) is 7.11 Å². The Kier molecular flexibility index (Phi) is 4.96. The molecule has 0 saturated carbocycles. The van der Waals surface area contributed by atoms with Gasteiger partial charge in [0.15, 0.2) is 0 Å². The highest BCUT2D eigenvalue weighted by atomic mass is 16.5. The maximum Gasteiger partial charge on any atom is 0.118 e. The highest BCUT2D eigenvalue weighted by Gasteiger charge is 1.92. The Hall–Kier alpha value is -1.24. The van der Waals surface area contributed by atoms with Gasteiger partial charge in [-0.2, -0.15) is 0 Å². The fourth-order valence-corrected chi connectivity index (χ4v) is 1.35. The van der Waals surface area contributed by atoms with Crippen LogP contribution in [0.1, 0.15) is 25.8 Å². The molecule has 1 aromatic carbocycles. The summed E-state index contributed by atoms with van der Waals surface area (Å²) in [6.07, 6.45) is 6.67. The molecule has 1 nitrogen and oxygen atoms in total. The molecule has 1 rings (SSSR count). The molecule has 1 heteroatoms. The van der Waals surface area contributed by atoms with Crippen LogP contribution in [0.3, 0.4) is 0 Å². The third-order valence-corrected chi connectivity index (χ3v) is 2.29. The molecule has 82 valence electrons. The number of hydrogen-bond donors (Lipinski definition) is 0. The van der Waals surface area contributed by atoms with Gasteiger partial charge >= 0.3 is 0 Å². The molecule has 0 fully saturated rings. The minimum atomic E-state index is 0.747. The summed E-state index contributed by atoms with van der Waals surface area (Å²) in [6.45, 7) is 4.47. The molecule has 0 saturated heterocycles. The summed E-state index contributed by atoms with van der Waals surface area (Å²) in [7, 11) is 1.69. The molecule has 0 aromatic heterocycles. The van der Waals surface area contributed by atoms with E-state index in [1.165, 1.54) is 5.56 Å². The average Bonchev–Trinajstić information content (AvgIpc) is 2.25. The van der Waals surface area contributed by atoms with Gasteiger partial charge in [-0.25, -0.2) is 0 Å². The van der Waals surface area contributed by atoms with Crippen molar-refractivity contribution in [2.24, 2.45) is 5.92 Å². The summed E-state index contributed by atoms with van der Waals surface area (Å²) < 4.78 is 5.11. The quantitative estimate of drug-likeness (QED) is 0.662. The van der Waals surface area contributed by atoms with Crippen LogP contribution in [0.25, 0.3) is 0 Å². The van der Waals surface area contributed by atoms with Crippen molar-refractivity contribution in [2.45, 2.75) is 26.7 Å². The summed E-state index contributed by atoms with van der Waals surface area (Å²) in [4.78, 5) is 0. The van der Waals surface area contributed by atoms with E-state index >= 15 is 0 Å². The summed E-state index contributed by atoms with van der Waals surface area (Å²) in [5.74, 6) is 1.67. The van der Waals surface area contributed by atoms with Crippen molar-refractivity contribution in [3.63, 3.8) is 0 Å². The molecular weight excluding hydrogens is 184 g/mol. The van der Waals surface area contributed by atoms with Gasteiger partial charge in [0.25, 0.3) is 0 Å². The van der Waals surface area contributed by atoms with Gasteiger partial charge in [0, 0.05) is 0 Å². The van der Waals surface area contributed by atoms with Crippen LogP contribution >= 0.6 is 0 Å². The van der Waals surface area contributed by atoms with Crippen LogP contribution in [0.5, 0.6) is 5.75 Å². The van der Waals surface area contributed by atoms with Gasteiger partial charge in [-0.1, -0.05) is 38.1 Å². The first-order valence-corrected chi connectivity index (χ1v) is 5.50. The lowest BCUT2D eigenvalue weighted by Gasteiger charge is -2.01. The molecule has 0 aliphatic rings. The van der Waals surface area contributed by atoms with E-state index in [2.05, 4.69) is 38.1 Å². The van der Waals surface area contributed by atoms with Crippen molar-refractivity contribution in [3.05, 3.63) is 42.0 Å². The van der Waals surface area contributed by atoms with E-state index in [9.17, 15) is 0 Å². The predicted octanol–water partition coefficient (Wildman–Crippen LogP) is 3.84. The van der Waals surface area contributed by atoms with Crippen molar-refractivity contribution in [3.8, 4) is 5.75 Å². The van der Waals surface area contributed by atoms with Gasteiger partial charge < -0.3 is 4.74 Å². The number of allylic oxidation sites excluding steroid dienone is 2. The third-order valence-electron chi connectivity index (χ3n) is 2.29. The van der Waals surface area contributed by atoms with Crippen molar-refractivity contribution >= 4 is 0 Å². The molecule has 0 heterocycles. The molecule has 15 heavy (non-hydrogen) atoms. The molecule has 0 radical (unpaired) electrons. The molecule has 0 amide bonds. The van der Waals surface area contributed by atoms with E-state index in [4.69, 9.17) is 4.74 Å². The summed E-state index contributed by atoms with van der Waals surface area (Å²) in [5.41, 5.74) is 1.33. The van der Waals surface area contributed by atoms with Crippen LogP contribution in [0.15, 0.2) is 36.4 Å². The average molecular weight is 204 g/mol. The van der Waals surface area contributed by atoms with Crippen molar-refractivity contribution in [1.29, 1.82) is 0 Å². The van der Waals surface area contributed by atoms with E-state index < -0.39 is 0 Å². The van der Waals surface area contributed by atoms with Crippen molar-refractivity contribution in [1.82, 2.24) is 0 Å². The minimum Gasteiger partial charge on any atom is -0.497 e. The highest BCUT2D eigenvalue weighted by molar-refractivity contribution is 5.28. The molecular formula is C14H20O. The molecule has 0 unspecified atom stereocenters. The van der Waals surface area contributed by atoms with Gasteiger partial charge in [0.2, 0.25) is 0 Å². The second kappa shape index (κ2) is 6.28. The van der Waals surface area contributed by atoms with E-state index in [1.54, 1.807) is 7.11 Å². The first-order chi connectivity index (χ1) is 7.22. The fraction of sp³-hybridized carbons (Fsp3) is 0.429.